The third-order valence-electron chi connectivity index (χ3n) is 2.63. The summed E-state index contributed by atoms with van der Waals surface area (Å²) >= 11 is 0. The minimum atomic E-state index is -0.905. The lowest BCUT2D eigenvalue weighted by Gasteiger charge is -2.17. The topological polar surface area (TPSA) is 46.5 Å². The highest BCUT2D eigenvalue weighted by Crippen LogP contribution is 2.21. The van der Waals surface area contributed by atoms with E-state index in [9.17, 15) is 4.79 Å². The van der Waals surface area contributed by atoms with Gasteiger partial charge >= 0.3 is 5.97 Å². The smallest absolute Gasteiger partial charge is 0.335 e. The molecule has 0 amide bonds. The minimum absolute atomic E-state index is 0.203. The summed E-state index contributed by atoms with van der Waals surface area (Å²) in [7, 11) is 0. The maximum Gasteiger partial charge on any atom is 0.335 e. The SMILES string of the molecule is CCC(CC)Oc1ccc(C(=O)O)cc1C. The third kappa shape index (κ3) is 2.99. The van der Waals surface area contributed by atoms with Crippen LogP contribution in [0, 0.1) is 6.92 Å². The maximum absolute atomic E-state index is 10.8. The van der Waals surface area contributed by atoms with Crippen LogP contribution in [0.25, 0.3) is 0 Å². The van der Waals surface area contributed by atoms with E-state index in [1.165, 1.54) is 0 Å². The first kappa shape index (κ1) is 12.6. The van der Waals surface area contributed by atoms with Crippen molar-refractivity contribution in [3.8, 4) is 5.75 Å². The summed E-state index contributed by atoms with van der Waals surface area (Å²) in [6.45, 7) is 6.02. The molecule has 1 aromatic carbocycles. The molecule has 3 heteroatoms. The molecule has 0 saturated heterocycles. The Kier molecular flexibility index (Phi) is 4.35. The number of carboxylic acids is 1. The van der Waals surface area contributed by atoms with Crippen molar-refractivity contribution in [3.63, 3.8) is 0 Å². The fourth-order valence-electron chi connectivity index (χ4n) is 1.55. The van der Waals surface area contributed by atoms with Crippen molar-refractivity contribution in [1.29, 1.82) is 0 Å². The molecule has 0 bridgehead atoms. The van der Waals surface area contributed by atoms with Gasteiger partial charge in [-0.2, -0.15) is 0 Å². The Morgan fingerprint density at radius 2 is 2.00 bits per heavy atom. The molecule has 16 heavy (non-hydrogen) atoms. The fraction of sp³-hybridized carbons (Fsp3) is 0.462. The van der Waals surface area contributed by atoms with Crippen molar-refractivity contribution < 1.29 is 14.6 Å². The molecule has 0 saturated carbocycles. The number of rotatable bonds is 5. The van der Waals surface area contributed by atoms with E-state index in [-0.39, 0.29) is 6.10 Å². The Morgan fingerprint density at radius 1 is 1.38 bits per heavy atom. The summed E-state index contributed by atoms with van der Waals surface area (Å²) in [5.74, 6) is -0.129. The fourth-order valence-corrected chi connectivity index (χ4v) is 1.55. The summed E-state index contributed by atoms with van der Waals surface area (Å²) < 4.78 is 5.79. The molecule has 3 nitrogen and oxygen atoms in total. The monoisotopic (exact) mass is 222 g/mol. The highest BCUT2D eigenvalue weighted by molar-refractivity contribution is 5.88. The second kappa shape index (κ2) is 5.54. The van der Waals surface area contributed by atoms with Gasteiger partial charge in [0.2, 0.25) is 0 Å². The largest absolute Gasteiger partial charge is 0.490 e. The van der Waals surface area contributed by atoms with E-state index in [1.807, 2.05) is 6.92 Å². The van der Waals surface area contributed by atoms with Crippen LogP contribution in [0.4, 0.5) is 0 Å². The number of hydrogen-bond acceptors (Lipinski definition) is 2. The Labute approximate surface area is 96.1 Å². The summed E-state index contributed by atoms with van der Waals surface area (Å²) in [6, 6.07) is 4.95. The standard InChI is InChI=1S/C13H18O3/c1-4-11(5-2)16-12-7-6-10(13(14)15)8-9(12)3/h6-8,11H,4-5H2,1-3H3,(H,14,15). The van der Waals surface area contributed by atoms with Crippen LogP contribution in [-0.4, -0.2) is 17.2 Å². The summed E-state index contributed by atoms with van der Waals surface area (Å²) in [6.07, 6.45) is 2.11. The molecular weight excluding hydrogens is 204 g/mol. The van der Waals surface area contributed by atoms with E-state index in [1.54, 1.807) is 18.2 Å². The minimum Gasteiger partial charge on any atom is -0.490 e. The molecule has 0 heterocycles. The lowest BCUT2D eigenvalue weighted by atomic mass is 10.1. The van der Waals surface area contributed by atoms with Crippen LogP contribution >= 0.6 is 0 Å². The predicted octanol–water partition coefficient (Wildman–Crippen LogP) is 3.26. The molecule has 88 valence electrons. The Balaban J connectivity index is 2.86. The zero-order valence-corrected chi connectivity index (χ0v) is 9.99. The quantitative estimate of drug-likeness (QED) is 0.831. The summed E-state index contributed by atoms with van der Waals surface area (Å²) in [5.41, 5.74) is 1.17. The van der Waals surface area contributed by atoms with Gasteiger partial charge in [0.1, 0.15) is 5.75 Å². The van der Waals surface area contributed by atoms with Gasteiger partial charge < -0.3 is 9.84 Å². The summed E-state index contributed by atoms with van der Waals surface area (Å²) in [4.78, 5) is 10.8. The Hall–Kier alpha value is -1.51. The van der Waals surface area contributed by atoms with Crippen LogP contribution < -0.4 is 4.74 Å². The van der Waals surface area contributed by atoms with Crippen LogP contribution in [-0.2, 0) is 0 Å². The Morgan fingerprint density at radius 3 is 2.44 bits per heavy atom. The molecule has 0 radical (unpaired) electrons. The molecule has 0 aliphatic carbocycles. The van der Waals surface area contributed by atoms with Crippen molar-refractivity contribution in [2.75, 3.05) is 0 Å². The first-order valence-electron chi connectivity index (χ1n) is 5.59. The molecule has 0 aromatic heterocycles. The molecule has 0 unspecified atom stereocenters. The molecular formula is C13H18O3. The van der Waals surface area contributed by atoms with E-state index in [4.69, 9.17) is 9.84 Å². The molecule has 0 spiro atoms. The second-order valence-corrected chi connectivity index (χ2v) is 3.84. The number of benzene rings is 1. The average Bonchev–Trinajstić information content (AvgIpc) is 2.27. The van der Waals surface area contributed by atoms with E-state index in [0.717, 1.165) is 24.2 Å². The zero-order valence-electron chi connectivity index (χ0n) is 9.99. The molecule has 1 N–H and O–H groups in total. The van der Waals surface area contributed by atoms with Gasteiger partial charge in [0.05, 0.1) is 11.7 Å². The van der Waals surface area contributed by atoms with Crippen LogP contribution in [0.15, 0.2) is 18.2 Å². The van der Waals surface area contributed by atoms with Crippen LogP contribution in [0.5, 0.6) is 5.75 Å². The van der Waals surface area contributed by atoms with Gasteiger partial charge in [-0.05, 0) is 43.5 Å². The highest BCUT2D eigenvalue weighted by atomic mass is 16.5. The first-order chi connectivity index (χ1) is 7.58. The number of carboxylic acid groups (broad SMARTS) is 1. The molecule has 0 atom stereocenters. The van der Waals surface area contributed by atoms with E-state index in [2.05, 4.69) is 13.8 Å². The van der Waals surface area contributed by atoms with Gasteiger partial charge in [0.25, 0.3) is 0 Å². The predicted molar refractivity (Wildman–Crippen MR) is 63.1 cm³/mol. The number of hydrogen-bond donors (Lipinski definition) is 1. The van der Waals surface area contributed by atoms with Crippen LogP contribution in [0.2, 0.25) is 0 Å². The summed E-state index contributed by atoms with van der Waals surface area (Å²) in [5, 5.41) is 8.83. The van der Waals surface area contributed by atoms with Crippen molar-refractivity contribution in [2.45, 2.75) is 39.7 Å². The van der Waals surface area contributed by atoms with Crippen LogP contribution in [0.3, 0.4) is 0 Å². The Bertz CT molecular complexity index is 367. The lowest BCUT2D eigenvalue weighted by molar-refractivity contribution is 0.0696. The van der Waals surface area contributed by atoms with Gasteiger partial charge in [-0.15, -0.1) is 0 Å². The molecule has 1 aromatic rings. The second-order valence-electron chi connectivity index (χ2n) is 3.84. The normalized spacial score (nSPS) is 10.5. The van der Waals surface area contributed by atoms with Crippen molar-refractivity contribution in [3.05, 3.63) is 29.3 Å². The van der Waals surface area contributed by atoms with E-state index >= 15 is 0 Å². The molecule has 0 aliphatic rings. The highest BCUT2D eigenvalue weighted by Gasteiger charge is 2.10. The number of aromatic carboxylic acids is 1. The zero-order chi connectivity index (χ0) is 12.1. The van der Waals surface area contributed by atoms with Gasteiger partial charge in [0, 0.05) is 0 Å². The van der Waals surface area contributed by atoms with E-state index in [0.29, 0.717) is 5.56 Å². The number of ether oxygens (including phenoxy) is 1. The first-order valence-corrected chi connectivity index (χ1v) is 5.59. The lowest BCUT2D eigenvalue weighted by Crippen LogP contribution is -2.14. The number of aryl methyl sites for hydroxylation is 1. The van der Waals surface area contributed by atoms with Crippen LogP contribution in [0.1, 0.15) is 42.6 Å². The van der Waals surface area contributed by atoms with Crippen molar-refractivity contribution in [2.24, 2.45) is 0 Å². The van der Waals surface area contributed by atoms with E-state index < -0.39 is 5.97 Å². The van der Waals surface area contributed by atoms with Gasteiger partial charge in [-0.3, -0.25) is 0 Å². The van der Waals surface area contributed by atoms with Crippen molar-refractivity contribution >= 4 is 5.97 Å². The number of carbonyl (C=O) groups is 1. The van der Waals surface area contributed by atoms with Gasteiger partial charge in [0.15, 0.2) is 0 Å². The van der Waals surface area contributed by atoms with Gasteiger partial charge in [-0.25, -0.2) is 4.79 Å². The van der Waals surface area contributed by atoms with Gasteiger partial charge in [-0.1, -0.05) is 13.8 Å². The third-order valence-corrected chi connectivity index (χ3v) is 2.63. The molecule has 1 rings (SSSR count). The average molecular weight is 222 g/mol. The maximum atomic E-state index is 10.8. The molecule has 0 fully saturated rings. The molecule has 0 aliphatic heterocycles. The van der Waals surface area contributed by atoms with Crippen molar-refractivity contribution in [1.82, 2.24) is 0 Å².